The molecule has 2 heterocycles. The molecule has 0 radical (unpaired) electrons. The summed E-state index contributed by atoms with van der Waals surface area (Å²) >= 11 is 0. The van der Waals surface area contributed by atoms with E-state index in [0.29, 0.717) is 5.52 Å². The second kappa shape index (κ2) is 4.97. The van der Waals surface area contributed by atoms with Gasteiger partial charge in [0.05, 0.1) is 5.56 Å². The van der Waals surface area contributed by atoms with Crippen LogP contribution in [0.3, 0.4) is 0 Å². The van der Waals surface area contributed by atoms with Crippen molar-refractivity contribution >= 4 is 17.3 Å². The topological polar surface area (TPSA) is 62.0 Å². The van der Waals surface area contributed by atoms with E-state index in [1.807, 2.05) is 0 Å². The first-order valence-corrected chi connectivity index (χ1v) is 5.73. The first-order valence-electron chi connectivity index (χ1n) is 5.73. The highest BCUT2D eigenvalue weighted by Gasteiger charge is 2.20. The molecule has 2 aromatic heterocycles. The zero-order valence-electron chi connectivity index (χ0n) is 10.7. The Labute approximate surface area is 110 Å². The lowest BCUT2D eigenvalue weighted by Gasteiger charge is -2.04. The fourth-order valence-electron chi connectivity index (χ4n) is 1.83. The van der Waals surface area contributed by atoms with E-state index < -0.39 is 5.97 Å². The second-order valence-corrected chi connectivity index (χ2v) is 4.35. The molecule has 0 aliphatic rings. The highest BCUT2D eigenvalue weighted by atomic mass is 16.4. The highest BCUT2D eigenvalue weighted by molar-refractivity contribution is 6.11. The van der Waals surface area contributed by atoms with E-state index in [2.05, 4.69) is 0 Å². The van der Waals surface area contributed by atoms with Crippen molar-refractivity contribution < 1.29 is 14.7 Å². The first kappa shape index (κ1) is 12.9. The van der Waals surface area contributed by atoms with Gasteiger partial charge in [0.15, 0.2) is 0 Å². The van der Waals surface area contributed by atoms with Crippen molar-refractivity contribution in [3.05, 3.63) is 54.0 Å². The number of rotatable bonds is 4. The lowest BCUT2D eigenvalue weighted by molar-refractivity contribution is 0.0693. The molecule has 0 aromatic carbocycles. The number of fused-ring (bicyclic) bond motifs is 1. The second-order valence-electron chi connectivity index (χ2n) is 4.35. The van der Waals surface area contributed by atoms with Gasteiger partial charge in [-0.1, -0.05) is 6.07 Å². The minimum absolute atomic E-state index is 0.0135. The van der Waals surface area contributed by atoms with Crippen molar-refractivity contribution in [2.75, 3.05) is 14.1 Å². The van der Waals surface area contributed by atoms with E-state index in [9.17, 15) is 14.7 Å². The van der Waals surface area contributed by atoms with Gasteiger partial charge in [0.2, 0.25) is 5.78 Å². The quantitative estimate of drug-likeness (QED) is 0.672. The highest BCUT2D eigenvalue weighted by Crippen LogP contribution is 2.18. The third-order valence-corrected chi connectivity index (χ3v) is 2.67. The molecule has 0 atom stereocenters. The van der Waals surface area contributed by atoms with Crippen LogP contribution in [0, 0.1) is 0 Å². The monoisotopic (exact) mass is 258 g/mol. The molecule has 0 aliphatic heterocycles. The molecule has 0 spiro atoms. The van der Waals surface area contributed by atoms with Gasteiger partial charge in [-0.05, 0) is 18.2 Å². The number of nitrogens with zero attached hydrogens (tertiary/aromatic N) is 2. The zero-order chi connectivity index (χ0) is 14.0. The Bertz CT molecular complexity index is 668. The number of hydrogen-bond acceptors (Lipinski definition) is 3. The summed E-state index contributed by atoms with van der Waals surface area (Å²) in [6.45, 7) is 0. The Hall–Kier alpha value is -2.56. The average Bonchev–Trinajstić information content (AvgIpc) is 2.75. The molecule has 19 heavy (non-hydrogen) atoms. The van der Waals surface area contributed by atoms with Gasteiger partial charge < -0.3 is 14.4 Å². The van der Waals surface area contributed by atoms with E-state index in [1.165, 1.54) is 12.1 Å². The maximum absolute atomic E-state index is 12.2. The predicted molar refractivity (Wildman–Crippen MR) is 71.5 cm³/mol. The molecule has 0 amide bonds. The standard InChI is InChI=1S/C14H14N2O3/c1-15(2)8-6-12(17)13-11(14(18)19)9-10-5-3-4-7-16(10)13/h3-9H,1-2H3,(H,18,19). The summed E-state index contributed by atoms with van der Waals surface area (Å²) in [5.41, 5.74) is 0.863. The van der Waals surface area contributed by atoms with E-state index in [4.69, 9.17) is 0 Å². The molecular formula is C14H14N2O3. The molecule has 5 nitrogen and oxygen atoms in total. The number of carbonyl (C=O) groups is 2. The minimum atomic E-state index is -1.11. The number of carboxylic acid groups (broad SMARTS) is 1. The van der Waals surface area contributed by atoms with Crippen LogP contribution in [0.5, 0.6) is 0 Å². The van der Waals surface area contributed by atoms with E-state index in [1.54, 1.807) is 54.0 Å². The van der Waals surface area contributed by atoms with E-state index >= 15 is 0 Å². The lowest BCUT2D eigenvalue weighted by Crippen LogP contribution is -2.09. The van der Waals surface area contributed by atoms with Gasteiger partial charge >= 0.3 is 5.97 Å². The zero-order valence-corrected chi connectivity index (χ0v) is 10.7. The maximum Gasteiger partial charge on any atom is 0.338 e. The van der Waals surface area contributed by atoms with Crippen LogP contribution in [0.2, 0.25) is 0 Å². The van der Waals surface area contributed by atoms with Crippen molar-refractivity contribution in [1.82, 2.24) is 9.30 Å². The summed E-state index contributed by atoms with van der Waals surface area (Å²) in [5.74, 6) is -1.44. The van der Waals surface area contributed by atoms with Gasteiger partial charge in [0, 0.05) is 38.1 Å². The number of hydrogen-bond donors (Lipinski definition) is 1. The van der Waals surface area contributed by atoms with Crippen LogP contribution >= 0.6 is 0 Å². The molecular weight excluding hydrogens is 244 g/mol. The number of aromatic carboxylic acids is 1. The Morgan fingerprint density at radius 3 is 2.68 bits per heavy atom. The van der Waals surface area contributed by atoms with Gasteiger partial charge in [-0.2, -0.15) is 0 Å². The molecule has 2 aromatic rings. The van der Waals surface area contributed by atoms with Crippen LogP contribution in [-0.4, -0.2) is 40.3 Å². The normalized spacial score (nSPS) is 11.1. The molecule has 2 rings (SSSR count). The van der Waals surface area contributed by atoms with Crippen molar-refractivity contribution in [3.8, 4) is 0 Å². The molecule has 1 N–H and O–H groups in total. The first-order chi connectivity index (χ1) is 9.00. The minimum Gasteiger partial charge on any atom is -0.478 e. The van der Waals surface area contributed by atoms with E-state index in [0.717, 1.165) is 0 Å². The number of pyridine rings is 1. The molecule has 0 fully saturated rings. The summed E-state index contributed by atoms with van der Waals surface area (Å²) in [4.78, 5) is 25.1. The Morgan fingerprint density at radius 1 is 1.32 bits per heavy atom. The van der Waals surface area contributed by atoms with Gasteiger partial charge in [0.1, 0.15) is 5.69 Å². The number of aromatic nitrogens is 1. The Kier molecular flexibility index (Phi) is 3.37. The van der Waals surface area contributed by atoms with Crippen LogP contribution < -0.4 is 0 Å². The fraction of sp³-hybridized carbons (Fsp3) is 0.143. The summed E-state index contributed by atoms with van der Waals surface area (Å²) in [6, 6.07) is 6.81. The third-order valence-electron chi connectivity index (χ3n) is 2.67. The van der Waals surface area contributed by atoms with Gasteiger partial charge in [-0.3, -0.25) is 4.79 Å². The summed E-state index contributed by atoms with van der Waals surface area (Å²) in [5, 5.41) is 9.19. The number of allylic oxidation sites excluding steroid dienone is 1. The van der Waals surface area contributed by atoms with Crippen molar-refractivity contribution in [3.63, 3.8) is 0 Å². The maximum atomic E-state index is 12.2. The largest absolute Gasteiger partial charge is 0.478 e. The fourth-order valence-corrected chi connectivity index (χ4v) is 1.83. The van der Waals surface area contributed by atoms with Crippen LogP contribution in [0.4, 0.5) is 0 Å². The van der Waals surface area contributed by atoms with Crippen LogP contribution in [0.25, 0.3) is 5.52 Å². The third kappa shape index (κ3) is 2.49. The average molecular weight is 258 g/mol. The molecule has 0 unspecified atom stereocenters. The van der Waals surface area contributed by atoms with Gasteiger partial charge in [-0.25, -0.2) is 4.79 Å². The van der Waals surface area contributed by atoms with E-state index in [-0.39, 0.29) is 17.0 Å². The SMILES string of the molecule is CN(C)C=CC(=O)c1c(C(=O)O)cc2ccccn12. The van der Waals surface area contributed by atoms with Crippen LogP contribution in [0.1, 0.15) is 20.8 Å². The molecule has 5 heteroatoms. The van der Waals surface area contributed by atoms with Crippen molar-refractivity contribution in [2.45, 2.75) is 0 Å². The predicted octanol–water partition coefficient (Wildman–Crippen LogP) is 1.90. The van der Waals surface area contributed by atoms with Gasteiger partial charge in [-0.15, -0.1) is 0 Å². The number of carboxylic acids is 1. The number of ketones is 1. The van der Waals surface area contributed by atoms with Crippen molar-refractivity contribution in [1.29, 1.82) is 0 Å². The van der Waals surface area contributed by atoms with Crippen LogP contribution in [0.15, 0.2) is 42.7 Å². The molecule has 0 bridgehead atoms. The smallest absolute Gasteiger partial charge is 0.338 e. The summed E-state index contributed by atoms with van der Waals surface area (Å²) in [6.07, 6.45) is 4.63. The summed E-state index contributed by atoms with van der Waals surface area (Å²) in [7, 11) is 3.58. The van der Waals surface area contributed by atoms with Crippen LogP contribution in [-0.2, 0) is 0 Å². The molecule has 98 valence electrons. The van der Waals surface area contributed by atoms with Crippen molar-refractivity contribution in [2.24, 2.45) is 0 Å². The lowest BCUT2D eigenvalue weighted by atomic mass is 10.1. The number of carbonyl (C=O) groups excluding carboxylic acids is 1. The Balaban J connectivity index is 2.59. The summed E-state index contributed by atoms with van der Waals surface area (Å²) < 4.78 is 1.59. The Morgan fingerprint density at radius 2 is 2.05 bits per heavy atom. The molecule has 0 saturated heterocycles. The molecule has 0 saturated carbocycles. The van der Waals surface area contributed by atoms with Gasteiger partial charge in [0.25, 0.3) is 0 Å². The molecule has 0 aliphatic carbocycles.